The summed E-state index contributed by atoms with van der Waals surface area (Å²) in [6.45, 7) is 2.08. The number of nitrogens with two attached hydrogens (primary N) is 1. The predicted molar refractivity (Wildman–Crippen MR) is 83.6 cm³/mol. The fourth-order valence-electron chi connectivity index (χ4n) is 2.54. The van der Waals surface area contributed by atoms with Crippen LogP contribution in [0, 0.1) is 0 Å². The fraction of sp³-hybridized carbons (Fsp3) is 0.571. The van der Waals surface area contributed by atoms with Gasteiger partial charge in [-0.05, 0) is 43.9 Å². The van der Waals surface area contributed by atoms with E-state index in [0.29, 0.717) is 17.9 Å². The lowest BCUT2D eigenvalue weighted by Gasteiger charge is -2.27. The Morgan fingerprint density at radius 3 is 2.57 bits per heavy atom. The molecule has 1 aromatic carbocycles. The van der Waals surface area contributed by atoms with E-state index in [4.69, 9.17) is 5.73 Å². The molecule has 7 heteroatoms. The molecule has 0 atom stereocenters. The molecule has 0 radical (unpaired) electrons. The van der Waals surface area contributed by atoms with Crippen LogP contribution in [0.3, 0.4) is 0 Å². The van der Waals surface area contributed by atoms with E-state index in [2.05, 4.69) is 10.0 Å². The predicted octanol–water partition coefficient (Wildman–Crippen LogP) is 1.28. The van der Waals surface area contributed by atoms with Crippen LogP contribution in [-0.2, 0) is 10.0 Å². The van der Waals surface area contributed by atoms with Crippen molar-refractivity contribution in [1.82, 2.24) is 4.72 Å². The van der Waals surface area contributed by atoms with Crippen molar-refractivity contribution in [3.63, 3.8) is 0 Å². The van der Waals surface area contributed by atoms with Crippen molar-refractivity contribution in [3.05, 3.63) is 18.2 Å². The van der Waals surface area contributed by atoms with Gasteiger partial charge in [0.25, 0.3) is 0 Å². The van der Waals surface area contributed by atoms with Crippen LogP contribution in [0.2, 0.25) is 0 Å². The standard InChI is InChI=1S/C14H23N3O3S/c1-2-16-21(19,20)12-7-8-13(15)14(9-12)17-10-3-5-11(18)6-4-10/h7-11,16-18H,2-6,15H2,1H3. The first-order chi connectivity index (χ1) is 9.92. The van der Waals surface area contributed by atoms with Crippen LogP contribution in [-0.4, -0.2) is 32.2 Å². The number of nitrogen functional groups attached to an aromatic ring is 1. The number of anilines is 2. The Morgan fingerprint density at radius 2 is 1.95 bits per heavy atom. The molecule has 1 saturated carbocycles. The summed E-state index contributed by atoms with van der Waals surface area (Å²) in [5.41, 5.74) is 7.08. The summed E-state index contributed by atoms with van der Waals surface area (Å²) in [4.78, 5) is 0.205. The van der Waals surface area contributed by atoms with Crippen molar-refractivity contribution in [2.24, 2.45) is 0 Å². The highest BCUT2D eigenvalue weighted by Gasteiger charge is 2.21. The van der Waals surface area contributed by atoms with Crippen LogP contribution >= 0.6 is 0 Å². The molecule has 5 N–H and O–H groups in total. The summed E-state index contributed by atoms with van der Waals surface area (Å²) >= 11 is 0. The minimum atomic E-state index is -3.48. The molecule has 1 aliphatic rings. The number of sulfonamides is 1. The lowest BCUT2D eigenvalue weighted by Crippen LogP contribution is -2.29. The highest BCUT2D eigenvalue weighted by molar-refractivity contribution is 7.89. The molecule has 6 nitrogen and oxygen atoms in total. The molecule has 0 amide bonds. The van der Waals surface area contributed by atoms with Crippen LogP contribution in [0.5, 0.6) is 0 Å². The second kappa shape index (κ2) is 6.64. The van der Waals surface area contributed by atoms with Crippen molar-refractivity contribution in [3.8, 4) is 0 Å². The lowest BCUT2D eigenvalue weighted by molar-refractivity contribution is 0.126. The normalized spacial score (nSPS) is 23.0. The molecule has 118 valence electrons. The number of aliphatic hydroxyl groups excluding tert-OH is 1. The molecule has 0 spiro atoms. The Hall–Kier alpha value is -1.31. The van der Waals surface area contributed by atoms with Gasteiger partial charge >= 0.3 is 0 Å². The molecule has 0 saturated heterocycles. The van der Waals surface area contributed by atoms with Crippen LogP contribution < -0.4 is 15.8 Å². The third kappa shape index (κ3) is 4.09. The van der Waals surface area contributed by atoms with Gasteiger partial charge in [-0.3, -0.25) is 0 Å². The van der Waals surface area contributed by atoms with Gasteiger partial charge in [0.1, 0.15) is 0 Å². The summed E-state index contributed by atoms with van der Waals surface area (Å²) in [5, 5.41) is 12.8. The fourth-order valence-corrected chi connectivity index (χ4v) is 3.61. The number of rotatable bonds is 5. The first-order valence-electron chi connectivity index (χ1n) is 7.26. The summed E-state index contributed by atoms with van der Waals surface area (Å²) in [6.07, 6.45) is 3.00. The third-order valence-electron chi connectivity index (χ3n) is 3.73. The summed E-state index contributed by atoms with van der Waals surface area (Å²) < 4.78 is 26.5. The van der Waals surface area contributed by atoms with E-state index >= 15 is 0 Å². The maximum atomic E-state index is 12.0. The van der Waals surface area contributed by atoms with E-state index in [0.717, 1.165) is 25.7 Å². The zero-order valence-corrected chi connectivity index (χ0v) is 13.0. The molecule has 1 aliphatic carbocycles. The van der Waals surface area contributed by atoms with Crippen molar-refractivity contribution >= 4 is 21.4 Å². The Labute approximate surface area is 125 Å². The van der Waals surface area contributed by atoms with Gasteiger partial charge in [0.15, 0.2) is 0 Å². The molecule has 0 bridgehead atoms. The quantitative estimate of drug-likeness (QED) is 0.613. The lowest BCUT2D eigenvalue weighted by atomic mass is 9.93. The number of hydrogen-bond acceptors (Lipinski definition) is 5. The van der Waals surface area contributed by atoms with Gasteiger partial charge in [0.05, 0.1) is 22.4 Å². The molecule has 1 aromatic rings. The van der Waals surface area contributed by atoms with Crippen molar-refractivity contribution in [2.45, 2.75) is 49.6 Å². The monoisotopic (exact) mass is 313 g/mol. The molecule has 0 unspecified atom stereocenters. The van der Waals surface area contributed by atoms with E-state index in [1.807, 2.05) is 0 Å². The third-order valence-corrected chi connectivity index (χ3v) is 5.27. The first-order valence-corrected chi connectivity index (χ1v) is 8.74. The summed E-state index contributed by atoms with van der Waals surface area (Å²) in [5.74, 6) is 0. The molecule has 0 heterocycles. The highest BCUT2D eigenvalue weighted by atomic mass is 32.2. The van der Waals surface area contributed by atoms with Gasteiger partial charge in [0, 0.05) is 12.6 Å². The van der Waals surface area contributed by atoms with Gasteiger partial charge in [-0.1, -0.05) is 6.92 Å². The van der Waals surface area contributed by atoms with E-state index < -0.39 is 10.0 Å². The molecule has 1 fully saturated rings. The van der Waals surface area contributed by atoms with E-state index in [1.165, 1.54) is 6.07 Å². The minimum absolute atomic E-state index is 0.205. The molecule has 2 rings (SSSR count). The van der Waals surface area contributed by atoms with Crippen LogP contribution in [0.1, 0.15) is 32.6 Å². The van der Waals surface area contributed by atoms with Crippen LogP contribution in [0.15, 0.2) is 23.1 Å². The zero-order valence-electron chi connectivity index (χ0n) is 12.2. The zero-order chi connectivity index (χ0) is 15.5. The van der Waals surface area contributed by atoms with Gasteiger partial charge in [-0.25, -0.2) is 13.1 Å². The maximum Gasteiger partial charge on any atom is 0.240 e. The smallest absolute Gasteiger partial charge is 0.240 e. The number of benzene rings is 1. The second-order valence-corrected chi connectivity index (χ2v) is 7.17. The van der Waals surface area contributed by atoms with Crippen molar-refractivity contribution in [2.75, 3.05) is 17.6 Å². The Morgan fingerprint density at radius 1 is 1.29 bits per heavy atom. The van der Waals surface area contributed by atoms with Gasteiger partial charge in [0.2, 0.25) is 10.0 Å². The number of hydrogen-bond donors (Lipinski definition) is 4. The Kier molecular flexibility index (Phi) is 5.08. The van der Waals surface area contributed by atoms with Crippen molar-refractivity contribution in [1.29, 1.82) is 0 Å². The molecule has 0 aliphatic heterocycles. The number of nitrogens with one attached hydrogen (secondary N) is 2. The van der Waals surface area contributed by atoms with E-state index in [1.54, 1.807) is 19.1 Å². The minimum Gasteiger partial charge on any atom is -0.397 e. The topological polar surface area (TPSA) is 104 Å². The van der Waals surface area contributed by atoms with Gasteiger partial charge < -0.3 is 16.2 Å². The summed E-state index contributed by atoms with van der Waals surface area (Å²) in [6, 6.07) is 4.89. The average Bonchev–Trinajstić information content (AvgIpc) is 2.43. The van der Waals surface area contributed by atoms with Crippen LogP contribution in [0.25, 0.3) is 0 Å². The molecule has 21 heavy (non-hydrogen) atoms. The molecular weight excluding hydrogens is 290 g/mol. The van der Waals surface area contributed by atoms with Crippen LogP contribution in [0.4, 0.5) is 11.4 Å². The average molecular weight is 313 g/mol. The summed E-state index contributed by atoms with van der Waals surface area (Å²) in [7, 11) is -3.48. The Bertz CT molecular complexity index is 581. The Balaban J connectivity index is 2.16. The van der Waals surface area contributed by atoms with Gasteiger partial charge in [-0.15, -0.1) is 0 Å². The molecule has 0 aromatic heterocycles. The largest absolute Gasteiger partial charge is 0.397 e. The van der Waals surface area contributed by atoms with Crippen molar-refractivity contribution < 1.29 is 13.5 Å². The van der Waals surface area contributed by atoms with E-state index in [9.17, 15) is 13.5 Å². The van der Waals surface area contributed by atoms with E-state index in [-0.39, 0.29) is 17.0 Å². The highest BCUT2D eigenvalue weighted by Crippen LogP contribution is 2.27. The SMILES string of the molecule is CCNS(=O)(=O)c1ccc(N)c(NC2CCC(O)CC2)c1. The molecular formula is C14H23N3O3S. The second-order valence-electron chi connectivity index (χ2n) is 5.40. The maximum absolute atomic E-state index is 12.0. The number of aliphatic hydroxyl groups is 1. The first kappa shape index (κ1) is 16.1. The van der Waals surface area contributed by atoms with Gasteiger partial charge in [-0.2, -0.15) is 0 Å².